The molecule has 2 atom stereocenters. The summed E-state index contributed by atoms with van der Waals surface area (Å²) >= 11 is 0. The third-order valence-electron chi connectivity index (χ3n) is 3.72. The molecule has 0 spiro atoms. The van der Waals surface area contributed by atoms with Crippen LogP contribution in [-0.4, -0.2) is 42.6 Å². The second-order valence-electron chi connectivity index (χ2n) is 4.93. The molecule has 2 aliphatic heterocycles. The third kappa shape index (κ3) is 2.69. The van der Waals surface area contributed by atoms with Gasteiger partial charge >= 0.3 is 0 Å². The molecule has 2 aliphatic rings. The normalized spacial score (nSPS) is 24.1. The highest BCUT2D eigenvalue weighted by Crippen LogP contribution is 2.31. The summed E-state index contributed by atoms with van der Waals surface area (Å²) in [6.45, 7) is 1.54. The van der Waals surface area contributed by atoms with Crippen molar-refractivity contribution in [2.45, 2.75) is 25.0 Å². The molecule has 0 radical (unpaired) electrons. The van der Waals surface area contributed by atoms with Crippen LogP contribution in [0.2, 0.25) is 0 Å². The molecule has 1 aromatic carbocycles. The Morgan fingerprint density at radius 1 is 1.35 bits per heavy atom. The van der Waals surface area contributed by atoms with Crippen molar-refractivity contribution in [2.75, 3.05) is 19.7 Å². The van der Waals surface area contributed by atoms with Gasteiger partial charge in [0.05, 0.1) is 0 Å². The number of ether oxygens (including phenoxy) is 2. The van der Waals surface area contributed by atoms with Gasteiger partial charge in [-0.15, -0.1) is 12.4 Å². The summed E-state index contributed by atoms with van der Waals surface area (Å²) in [5, 5.41) is 0. The zero-order valence-corrected chi connectivity index (χ0v) is 12.0. The number of likely N-dealkylation sites (tertiary alicyclic amines) is 1. The second-order valence-corrected chi connectivity index (χ2v) is 4.93. The van der Waals surface area contributed by atoms with E-state index in [1.54, 1.807) is 0 Å². The molecule has 1 saturated heterocycles. The number of nitrogens with two attached hydrogens (primary N) is 1. The van der Waals surface area contributed by atoms with E-state index < -0.39 is 6.10 Å². The standard InChI is InChI=1S/C14H18N2O3.ClH/c15-8-10-4-3-7-16(10)14(17)13-9-18-11-5-1-2-6-12(11)19-13;/h1-2,5-6,10,13H,3-4,7-9,15H2;1H. The first-order valence-corrected chi connectivity index (χ1v) is 6.68. The number of para-hydroxylation sites is 2. The molecule has 0 saturated carbocycles. The molecule has 5 nitrogen and oxygen atoms in total. The summed E-state index contributed by atoms with van der Waals surface area (Å²) < 4.78 is 11.3. The van der Waals surface area contributed by atoms with Crippen molar-refractivity contribution in [2.24, 2.45) is 5.73 Å². The number of carbonyl (C=O) groups is 1. The maximum atomic E-state index is 12.4. The van der Waals surface area contributed by atoms with Crippen molar-refractivity contribution in [3.05, 3.63) is 24.3 Å². The highest BCUT2D eigenvalue weighted by molar-refractivity contribution is 5.85. The summed E-state index contributed by atoms with van der Waals surface area (Å²) in [7, 11) is 0. The van der Waals surface area contributed by atoms with Gasteiger partial charge in [0, 0.05) is 19.1 Å². The van der Waals surface area contributed by atoms with Crippen LogP contribution in [0.4, 0.5) is 0 Å². The first-order valence-electron chi connectivity index (χ1n) is 6.68. The smallest absolute Gasteiger partial charge is 0.267 e. The highest BCUT2D eigenvalue weighted by atomic mass is 35.5. The maximum Gasteiger partial charge on any atom is 0.267 e. The quantitative estimate of drug-likeness (QED) is 0.891. The molecule has 1 amide bonds. The van der Waals surface area contributed by atoms with Crippen LogP contribution in [0.15, 0.2) is 24.3 Å². The Morgan fingerprint density at radius 3 is 2.85 bits per heavy atom. The van der Waals surface area contributed by atoms with Crippen LogP contribution in [0.25, 0.3) is 0 Å². The Bertz CT molecular complexity index is 483. The van der Waals surface area contributed by atoms with Gasteiger partial charge in [-0.3, -0.25) is 4.79 Å². The van der Waals surface area contributed by atoms with E-state index in [1.807, 2.05) is 29.2 Å². The molecule has 20 heavy (non-hydrogen) atoms. The first-order chi connectivity index (χ1) is 9.29. The van der Waals surface area contributed by atoms with Gasteiger partial charge in [-0.1, -0.05) is 12.1 Å². The van der Waals surface area contributed by atoms with Gasteiger partial charge in [0.25, 0.3) is 5.91 Å². The number of fused-ring (bicyclic) bond motifs is 1. The van der Waals surface area contributed by atoms with Crippen molar-refractivity contribution in [3.63, 3.8) is 0 Å². The lowest BCUT2D eigenvalue weighted by Crippen LogP contribution is -2.49. The molecule has 0 bridgehead atoms. The van der Waals surface area contributed by atoms with Crippen LogP contribution in [-0.2, 0) is 4.79 Å². The van der Waals surface area contributed by atoms with E-state index in [9.17, 15) is 4.79 Å². The Balaban J connectivity index is 0.00000147. The fourth-order valence-electron chi connectivity index (χ4n) is 2.70. The van der Waals surface area contributed by atoms with E-state index >= 15 is 0 Å². The fourth-order valence-corrected chi connectivity index (χ4v) is 2.70. The Kier molecular flexibility index (Phi) is 4.73. The van der Waals surface area contributed by atoms with E-state index in [2.05, 4.69) is 0 Å². The van der Waals surface area contributed by atoms with Gasteiger partial charge in [-0.2, -0.15) is 0 Å². The topological polar surface area (TPSA) is 64.8 Å². The van der Waals surface area contributed by atoms with Gasteiger partial charge in [0.1, 0.15) is 6.61 Å². The van der Waals surface area contributed by atoms with E-state index in [-0.39, 0.29) is 31.0 Å². The van der Waals surface area contributed by atoms with E-state index in [0.29, 0.717) is 18.0 Å². The van der Waals surface area contributed by atoms with Crippen LogP contribution in [0.1, 0.15) is 12.8 Å². The monoisotopic (exact) mass is 298 g/mol. The Hall–Kier alpha value is -1.46. The molecule has 110 valence electrons. The summed E-state index contributed by atoms with van der Waals surface area (Å²) in [6, 6.07) is 7.56. The van der Waals surface area contributed by atoms with Gasteiger partial charge in [-0.05, 0) is 25.0 Å². The van der Waals surface area contributed by atoms with Crippen molar-refractivity contribution in [3.8, 4) is 11.5 Å². The maximum absolute atomic E-state index is 12.4. The first kappa shape index (κ1) is 14.9. The van der Waals surface area contributed by atoms with Gasteiger partial charge in [0.15, 0.2) is 11.5 Å². The summed E-state index contributed by atoms with van der Waals surface area (Å²) in [5.74, 6) is 1.32. The van der Waals surface area contributed by atoms with Gasteiger partial charge in [0.2, 0.25) is 6.10 Å². The molecule has 1 fully saturated rings. The van der Waals surface area contributed by atoms with Gasteiger partial charge in [-0.25, -0.2) is 0 Å². The number of nitrogens with zero attached hydrogens (tertiary/aromatic N) is 1. The van der Waals surface area contributed by atoms with Crippen LogP contribution < -0.4 is 15.2 Å². The molecular formula is C14H19ClN2O3. The second kappa shape index (κ2) is 6.33. The van der Waals surface area contributed by atoms with Crippen molar-refractivity contribution >= 4 is 18.3 Å². The zero-order valence-electron chi connectivity index (χ0n) is 11.2. The molecule has 1 aromatic rings. The lowest BCUT2D eigenvalue weighted by molar-refractivity contribution is -0.141. The molecule has 0 aromatic heterocycles. The summed E-state index contributed by atoms with van der Waals surface area (Å²) in [5.41, 5.74) is 5.70. The van der Waals surface area contributed by atoms with E-state index in [1.165, 1.54) is 0 Å². The molecule has 3 rings (SSSR count). The number of amides is 1. The number of halogens is 1. The minimum atomic E-state index is -0.554. The minimum Gasteiger partial charge on any atom is -0.485 e. The van der Waals surface area contributed by atoms with Crippen molar-refractivity contribution in [1.29, 1.82) is 0 Å². The van der Waals surface area contributed by atoms with Gasteiger partial charge < -0.3 is 20.1 Å². The molecule has 2 N–H and O–H groups in total. The van der Waals surface area contributed by atoms with Crippen LogP contribution >= 0.6 is 12.4 Å². The molecular weight excluding hydrogens is 280 g/mol. The zero-order chi connectivity index (χ0) is 13.2. The fraction of sp³-hybridized carbons (Fsp3) is 0.500. The summed E-state index contributed by atoms with van der Waals surface area (Å²) in [6.07, 6.45) is 1.44. The Morgan fingerprint density at radius 2 is 2.10 bits per heavy atom. The van der Waals surface area contributed by atoms with Crippen LogP contribution in [0.3, 0.4) is 0 Å². The average Bonchev–Trinajstić information content (AvgIpc) is 2.94. The van der Waals surface area contributed by atoms with Crippen LogP contribution in [0.5, 0.6) is 11.5 Å². The summed E-state index contributed by atoms with van der Waals surface area (Å²) in [4.78, 5) is 14.3. The molecule has 6 heteroatoms. The predicted molar refractivity (Wildman–Crippen MR) is 77.4 cm³/mol. The Labute approximate surface area is 124 Å². The van der Waals surface area contributed by atoms with Crippen LogP contribution in [0, 0.1) is 0 Å². The van der Waals surface area contributed by atoms with Crippen molar-refractivity contribution < 1.29 is 14.3 Å². The molecule has 2 unspecified atom stereocenters. The number of benzene rings is 1. The molecule has 2 heterocycles. The number of rotatable bonds is 2. The number of hydrogen-bond donors (Lipinski definition) is 1. The van der Waals surface area contributed by atoms with Crippen molar-refractivity contribution in [1.82, 2.24) is 4.90 Å². The average molecular weight is 299 g/mol. The van der Waals surface area contributed by atoms with E-state index in [0.717, 1.165) is 19.4 Å². The SMILES string of the molecule is Cl.NCC1CCCN1C(=O)C1COc2ccccc2O1. The lowest BCUT2D eigenvalue weighted by atomic mass is 10.2. The predicted octanol–water partition coefficient (Wildman–Crippen LogP) is 1.20. The molecule has 0 aliphatic carbocycles. The number of hydrogen-bond acceptors (Lipinski definition) is 4. The van der Waals surface area contributed by atoms with E-state index in [4.69, 9.17) is 15.2 Å². The minimum absolute atomic E-state index is 0. The highest BCUT2D eigenvalue weighted by Gasteiger charge is 2.35. The number of carbonyl (C=O) groups excluding carboxylic acids is 1. The third-order valence-corrected chi connectivity index (χ3v) is 3.72. The lowest BCUT2D eigenvalue weighted by Gasteiger charge is -2.31. The largest absolute Gasteiger partial charge is 0.485 e.